The molecule has 24 heavy (non-hydrogen) atoms. The predicted molar refractivity (Wildman–Crippen MR) is 98.2 cm³/mol. The molecule has 2 rings (SSSR count). The fourth-order valence-electron chi connectivity index (χ4n) is 2.52. The highest BCUT2D eigenvalue weighted by Gasteiger charge is 2.29. The molecule has 1 fully saturated rings. The fraction of sp³-hybridized carbons (Fsp3) is 0.533. The highest BCUT2D eigenvalue weighted by Crippen LogP contribution is 2.29. The summed E-state index contributed by atoms with van der Waals surface area (Å²) in [4.78, 5) is 12.0. The molecule has 1 saturated heterocycles. The van der Waals surface area contributed by atoms with E-state index in [1.165, 1.54) is 16.4 Å². The van der Waals surface area contributed by atoms with Gasteiger partial charge in [0.2, 0.25) is 15.9 Å². The van der Waals surface area contributed by atoms with Gasteiger partial charge in [0.1, 0.15) is 4.90 Å². The number of hydrogen-bond acceptors (Lipinski definition) is 4. The first kappa shape index (κ1) is 21.2. The van der Waals surface area contributed by atoms with Crippen LogP contribution in [0.25, 0.3) is 0 Å². The van der Waals surface area contributed by atoms with Gasteiger partial charge in [-0.3, -0.25) is 4.79 Å². The number of carbonyl (C=O) groups excluding carboxylic acids is 1. The normalized spacial score (nSPS) is 16.5. The average molecular weight is 396 g/mol. The van der Waals surface area contributed by atoms with Crippen molar-refractivity contribution in [3.05, 3.63) is 23.2 Å². The van der Waals surface area contributed by atoms with Gasteiger partial charge in [-0.05, 0) is 37.5 Å². The first-order valence-corrected chi connectivity index (χ1v) is 9.54. The molecule has 136 valence electrons. The summed E-state index contributed by atoms with van der Waals surface area (Å²) in [5.74, 6) is -0.335. The number of hydrogen-bond donors (Lipinski definition) is 2. The van der Waals surface area contributed by atoms with Crippen LogP contribution in [0.3, 0.4) is 0 Å². The van der Waals surface area contributed by atoms with E-state index >= 15 is 0 Å². The molecule has 1 unspecified atom stereocenters. The molecule has 3 N–H and O–H groups in total. The van der Waals surface area contributed by atoms with Crippen molar-refractivity contribution in [2.24, 2.45) is 5.73 Å². The zero-order valence-electron chi connectivity index (χ0n) is 13.5. The Labute approximate surface area is 154 Å². The van der Waals surface area contributed by atoms with E-state index in [0.717, 1.165) is 19.3 Å². The third-order valence-corrected chi connectivity index (χ3v) is 6.20. The van der Waals surface area contributed by atoms with Gasteiger partial charge in [-0.2, -0.15) is 4.31 Å². The second-order valence-corrected chi connectivity index (χ2v) is 7.95. The minimum atomic E-state index is -3.64. The summed E-state index contributed by atoms with van der Waals surface area (Å²) >= 11 is 6.06. The number of sulfonamides is 1. The SMILES string of the molecule is CCCC(N)C(=O)Nc1ccc(Cl)c(S(=O)(=O)N2CCCC2)c1.Cl. The van der Waals surface area contributed by atoms with Crippen LogP contribution in [0.15, 0.2) is 23.1 Å². The molecule has 1 aliphatic heterocycles. The van der Waals surface area contributed by atoms with Gasteiger partial charge in [0.05, 0.1) is 11.1 Å². The van der Waals surface area contributed by atoms with E-state index in [9.17, 15) is 13.2 Å². The molecule has 1 atom stereocenters. The molecule has 6 nitrogen and oxygen atoms in total. The summed E-state index contributed by atoms with van der Waals surface area (Å²) in [6.45, 7) is 2.93. The smallest absolute Gasteiger partial charge is 0.244 e. The number of halogens is 2. The third-order valence-electron chi connectivity index (χ3n) is 3.82. The van der Waals surface area contributed by atoms with Crippen molar-refractivity contribution < 1.29 is 13.2 Å². The van der Waals surface area contributed by atoms with Crippen LogP contribution in [0.1, 0.15) is 32.6 Å². The lowest BCUT2D eigenvalue weighted by molar-refractivity contribution is -0.117. The van der Waals surface area contributed by atoms with E-state index in [2.05, 4.69) is 5.32 Å². The molecule has 0 aromatic heterocycles. The van der Waals surface area contributed by atoms with E-state index in [1.807, 2.05) is 6.92 Å². The van der Waals surface area contributed by atoms with E-state index in [-0.39, 0.29) is 28.2 Å². The summed E-state index contributed by atoms with van der Waals surface area (Å²) in [6, 6.07) is 3.83. The molecule has 0 bridgehead atoms. The van der Waals surface area contributed by atoms with Gasteiger partial charge in [0.25, 0.3) is 0 Å². The summed E-state index contributed by atoms with van der Waals surface area (Å²) < 4.78 is 26.7. The Balaban J connectivity index is 0.00000288. The van der Waals surface area contributed by atoms with Crippen LogP contribution in [0.5, 0.6) is 0 Å². The van der Waals surface area contributed by atoms with Gasteiger partial charge in [0, 0.05) is 18.8 Å². The van der Waals surface area contributed by atoms with Crippen molar-refractivity contribution in [2.45, 2.75) is 43.5 Å². The topological polar surface area (TPSA) is 92.5 Å². The molecule has 1 aromatic carbocycles. The van der Waals surface area contributed by atoms with Gasteiger partial charge >= 0.3 is 0 Å². The number of anilines is 1. The summed E-state index contributed by atoms with van der Waals surface area (Å²) in [6.07, 6.45) is 3.06. The predicted octanol–water partition coefficient (Wildman–Crippen LogP) is 2.61. The molecular formula is C15H23Cl2N3O3S. The van der Waals surface area contributed by atoms with E-state index < -0.39 is 16.1 Å². The maximum Gasteiger partial charge on any atom is 0.244 e. The maximum atomic E-state index is 12.6. The minimum Gasteiger partial charge on any atom is -0.325 e. The number of nitrogens with zero attached hydrogens (tertiary/aromatic N) is 1. The van der Waals surface area contributed by atoms with Crippen molar-refractivity contribution in [1.82, 2.24) is 4.31 Å². The average Bonchev–Trinajstić information content (AvgIpc) is 3.04. The molecule has 1 aromatic rings. The van der Waals surface area contributed by atoms with Crippen molar-refractivity contribution in [2.75, 3.05) is 18.4 Å². The van der Waals surface area contributed by atoms with Gasteiger partial charge in [-0.1, -0.05) is 24.9 Å². The van der Waals surface area contributed by atoms with Gasteiger partial charge in [-0.25, -0.2) is 8.42 Å². The summed E-state index contributed by atoms with van der Waals surface area (Å²) in [5, 5.41) is 2.80. The van der Waals surface area contributed by atoms with Gasteiger partial charge in [-0.15, -0.1) is 12.4 Å². The highest BCUT2D eigenvalue weighted by molar-refractivity contribution is 7.89. The Kier molecular flexibility index (Phi) is 7.95. The summed E-state index contributed by atoms with van der Waals surface area (Å²) in [7, 11) is -3.64. The van der Waals surface area contributed by atoms with Gasteiger partial charge < -0.3 is 11.1 Å². The number of nitrogens with one attached hydrogen (secondary N) is 1. The van der Waals surface area contributed by atoms with Gasteiger partial charge in [0.15, 0.2) is 0 Å². The number of amides is 1. The van der Waals surface area contributed by atoms with Crippen LogP contribution in [-0.4, -0.2) is 37.8 Å². The van der Waals surface area contributed by atoms with Crippen LogP contribution in [0.4, 0.5) is 5.69 Å². The van der Waals surface area contributed by atoms with E-state index in [0.29, 0.717) is 25.2 Å². The fourth-order valence-corrected chi connectivity index (χ4v) is 4.54. The second-order valence-electron chi connectivity index (χ2n) is 5.64. The molecule has 1 amide bonds. The van der Waals surface area contributed by atoms with Crippen molar-refractivity contribution in [3.63, 3.8) is 0 Å². The lowest BCUT2D eigenvalue weighted by Crippen LogP contribution is -2.35. The van der Waals surface area contributed by atoms with Crippen LogP contribution in [0, 0.1) is 0 Å². The quantitative estimate of drug-likeness (QED) is 0.773. The number of carbonyl (C=O) groups is 1. The van der Waals surface area contributed by atoms with Crippen LogP contribution in [0.2, 0.25) is 5.02 Å². The van der Waals surface area contributed by atoms with E-state index in [4.69, 9.17) is 17.3 Å². The molecular weight excluding hydrogens is 373 g/mol. The Hall–Kier alpha value is -0.860. The Bertz CT molecular complexity index is 677. The zero-order valence-corrected chi connectivity index (χ0v) is 15.9. The summed E-state index contributed by atoms with van der Waals surface area (Å²) in [5.41, 5.74) is 6.14. The number of benzene rings is 1. The largest absolute Gasteiger partial charge is 0.325 e. The monoisotopic (exact) mass is 395 g/mol. The second kappa shape index (κ2) is 9.01. The van der Waals surface area contributed by atoms with E-state index in [1.54, 1.807) is 6.07 Å². The maximum absolute atomic E-state index is 12.6. The Morgan fingerprint density at radius 1 is 1.38 bits per heavy atom. The highest BCUT2D eigenvalue weighted by atomic mass is 35.5. The molecule has 0 spiro atoms. The van der Waals surface area contributed by atoms with Crippen molar-refractivity contribution in [3.8, 4) is 0 Å². The standard InChI is InChI=1S/C15H22ClN3O3S.ClH/c1-2-5-13(17)15(20)18-11-6-7-12(16)14(10-11)23(21,22)19-8-3-4-9-19;/h6-7,10,13H,2-5,8-9,17H2,1H3,(H,18,20);1H. The van der Waals surface area contributed by atoms with Crippen LogP contribution < -0.4 is 11.1 Å². The zero-order chi connectivity index (χ0) is 17.0. The first-order valence-electron chi connectivity index (χ1n) is 7.72. The van der Waals surface area contributed by atoms with Crippen molar-refractivity contribution in [1.29, 1.82) is 0 Å². The lowest BCUT2D eigenvalue weighted by atomic mass is 10.1. The third kappa shape index (κ3) is 4.83. The molecule has 1 heterocycles. The molecule has 0 radical (unpaired) electrons. The Morgan fingerprint density at radius 3 is 2.58 bits per heavy atom. The van der Waals surface area contributed by atoms with Crippen LogP contribution in [-0.2, 0) is 14.8 Å². The molecule has 0 aliphatic carbocycles. The first-order chi connectivity index (χ1) is 10.9. The van der Waals surface area contributed by atoms with Crippen molar-refractivity contribution >= 4 is 45.6 Å². The van der Waals surface area contributed by atoms with Crippen LogP contribution >= 0.6 is 24.0 Å². The Morgan fingerprint density at radius 2 is 2.00 bits per heavy atom. The molecule has 0 saturated carbocycles. The number of nitrogens with two attached hydrogens (primary N) is 1. The number of rotatable bonds is 6. The minimum absolute atomic E-state index is 0. The molecule has 9 heteroatoms. The molecule has 1 aliphatic rings. The lowest BCUT2D eigenvalue weighted by Gasteiger charge is -2.18.